The van der Waals surface area contributed by atoms with Crippen molar-refractivity contribution < 1.29 is 14.3 Å². The van der Waals surface area contributed by atoms with Gasteiger partial charge in [0.25, 0.3) is 5.91 Å². The van der Waals surface area contributed by atoms with Crippen molar-refractivity contribution in [3.8, 4) is 5.75 Å². The molecule has 2 rings (SSSR count). The molecule has 0 aliphatic carbocycles. The van der Waals surface area contributed by atoms with Gasteiger partial charge < -0.3 is 10.1 Å². The molecule has 5 nitrogen and oxygen atoms in total. The highest BCUT2D eigenvalue weighted by Crippen LogP contribution is 2.22. The first-order valence-corrected chi connectivity index (χ1v) is 7.47. The molecule has 0 saturated heterocycles. The van der Waals surface area contributed by atoms with Crippen LogP contribution < -0.4 is 15.4 Å². The summed E-state index contributed by atoms with van der Waals surface area (Å²) in [5.74, 6) is 0.0539. The lowest BCUT2D eigenvalue weighted by atomic mass is 10.1. The summed E-state index contributed by atoms with van der Waals surface area (Å²) in [7, 11) is 0. The van der Waals surface area contributed by atoms with Gasteiger partial charge in [-0.15, -0.1) is 0 Å². The zero-order chi connectivity index (χ0) is 16.7. The molecule has 23 heavy (non-hydrogen) atoms. The van der Waals surface area contributed by atoms with Crippen molar-refractivity contribution in [2.45, 2.75) is 20.0 Å². The van der Waals surface area contributed by atoms with Crippen molar-refractivity contribution in [3.05, 3.63) is 65.7 Å². The summed E-state index contributed by atoms with van der Waals surface area (Å²) in [6.45, 7) is 4.19. The lowest BCUT2D eigenvalue weighted by Crippen LogP contribution is -2.42. The van der Waals surface area contributed by atoms with Gasteiger partial charge in [0.15, 0.2) is 0 Å². The maximum Gasteiger partial charge on any atom is 0.321 e. The topological polar surface area (TPSA) is 67.4 Å². The first kappa shape index (κ1) is 16.5. The molecule has 2 aromatic carbocycles. The maximum absolute atomic E-state index is 12.4. The minimum absolute atomic E-state index is 0.438. The summed E-state index contributed by atoms with van der Waals surface area (Å²) in [4.78, 5) is 24.0. The van der Waals surface area contributed by atoms with Gasteiger partial charge in [0.05, 0.1) is 0 Å². The highest BCUT2D eigenvalue weighted by molar-refractivity contribution is 5.97. The fourth-order valence-electron chi connectivity index (χ4n) is 2.04. The van der Waals surface area contributed by atoms with E-state index in [4.69, 9.17) is 4.74 Å². The van der Waals surface area contributed by atoms with Crippen molar-refractivity contribution in [1.29, 1.82) is 0 Å². The van der Waals surface area contributed by atoms with Crippen molar-refractivity contribution in [2.24, 2.45) is 0 Å². The number of nitrogens with one attached hydrogen (secondary N) is 2. The molecule has 0 spiro atoms. The Morgan fingerprint density at radius 1 is 1.04 bits per heavy atom. The molecule has 0 radical (unpaired) electrons. The highest BCUT2D eigenvalue weighted by atomic mass is 16.5. The van der Waals surface area contributed by atoms with Crippen LogP contribution in [-0.4, -0.2) is 18.5 Å². The van der Waals surface area contributed by atoms with Gasteiger partial charge in [-0.3, -0.25) is 10.1 Å². The fourth-order valence-corrected chi connectivity index (χ4v) is 2.04. The predicted molar refractivity (Wildman–Crippen MR) is 88.2 cm³/mol. The zero-order valence-electron chi connectivity index (χ0n) is 13.2. The second kappa shape index (κ2) is 7.98. The molecule has 2 N–H and O–H groups in total. The average molecular weight is 312 g/mol. The third-order valence-corrected chi connectivity index (χ3v) is 3.19. The van der Waals surface area contributed by atoms with Gasteiger partial charge in [0, 0.05) is 12.1 Å². The molecule has 0 aliphatic heterocycles. The van der Waals surface area contributed by atoms with E-state index < -0.39 is 18.0 Å². The van der Waals surface area contributed by atoms with Crippen LogP contribution in [0.15, 0.2) is 54.6 Å². The summed E-state index contributed by atoms with van der Waals surface area (Å²) in [5.41, 5.74) is 1.77. The van der Waals surface area contributed by atoms with E-state index in [2.05, 4.69) is 10.6 Å². The molecular weight excluding hydrogens is 292 g/mol. The SMILES string of the molecule is CCNC(=O)NC(=O)[C@@H](Oc1ccc(C)cc1)c1ccccc1. The number of imide groups is 1. The first-order chi connectivity index (χ1) is 11.1. The van der Waals surface area contributed by atoms with Gasteiger partial charge in [-0.2, -0.15) is 0 Å². The van der Waals surface area contributed by atoms with E-state index in [9.17, 15) is 9.59 Å². The zero-order valence-corrected chi connectivity index (χ0v) is 13.2. The van der Waals surface area contributed by atoms with Gasteiger partial charge in [-0.05, 0) is 26.0 Å². The van der Waals surface area contributed by atoms with E-state index in [1.54, 1.807) is 31.2 Å². The van der Waals surface area contributed by atoms with E-state index in [1.165, 1.54) is 0 Å². The lowest BCUT2D eigenvalue weighted by molar-refractivity contribution is -0.127. The minimum Gasteiger partial charge on any atom is -0.476 e. The summed E-state index contributed by atoms with van der Waals surface area (Å²) in [6.07, 6.45) is -0.901. The number of benzene rings is 2. The Labute approximate surface area is 135 Å². The molecule has 2 aromatic rings. The Morgan fingerprint density at radius 2 is 1.70 bits per heavy atom. The number of hydrogen-bond acceptors (Lipinski definition) is 3. The van der Waals surface area contributed by atoms with Gasteiger partial charge >= 0.3 is 6.03 Å². The van der Waals surface area contributed by atoms with Crippen LogP contribution in [-0.2, 0) is 4.79 Å². The first-order valence-electron chi connectivity index (χ1n) is 7.47. The molecule has 5 heteroatoms. The Morgan fingerprint density at radius 3 is 2.30 bits per heavy atom. The lowest BCUT2D eigenvalue weighted by Gasteiger charge is -2.19. The number of amides is 3. The van der Waals surface area contributed by atoms with E-state index in [0.717, 1.165) is 5.56 Å². The molecule has 0 bridgehead atoms. The van der Waals surface area contributed by atoms with Crippen LogP contribution in [0.5, 0.6) is 5.75 Å². The third kappa shape index (κ3) is 4.85. The van der Waals surface area contributed by atoms with Crippen molar-refractivity contribution in [3.63, 3.8) is 0 Å². The molecule has 0 saturated carbocycles. The van der Waals surface area contributed by atoms with Crippen LogP contribution in [0.1, 0.15) is 24.2 Å². The number of carbonyl (C=O) groups excluding carboxylic acids is 2. The summed E-state index contributed by atoms with van der Waals surface area (Å²) < 4.78 is 5.80. The molecule has 120 valence electrons. The fraction of sp³-hybridized carbons (Fsp3) is 0.222. The second-order valence-corrected chi connectivity index (χ2v) is 5.07. The Hall–Kier alpha value is -2.82. The molecular formula is C18H20N2O3. The van der Waals surface area contributed by atoms with E-state index in [-0.39, 0.29) is 0 Å². The summed E-state index contributed by atoms with van der Waals surface area (Å²) in [6, 6.07) is 15.9. The Kier molecular flexibility index (Phi) is 5.74. The van der Waals surface area contributed by atoms with Gasteiger partial charge in [-0.1, -0.05) is 48.0 Å². The minimum atomic E-state index is -0.901. The van der Waals surface area contributed by atoms with Crippen LogP contribution in [0.4, 0.5) is 4.79 Å². The average Bonchev–Trinajstić information content (AvgIpc) is 2.55. The molecule has 3 amide bonds. The number of aryl methyl sites for hydroxylation is 1. The number of urea groups is 1. The van der Waals surface area contributed by atoms with Crippen molar-refractivity contribution in [2.75, 3.05) is 6.54 Å². The van der Waals surface area contributed by atoms with Crippen LogP contribution in [0.25, 0.3) is 0 Å². The number of carbonyl (C=O) groups is 2. The quantitative estimate of drug-likeness (QED) is 0.892. The molecule has 0 heterocycles. The number of hydrogen-bond donors (Lipinski definition) is 2. The summed E-state index contributed by atoms with van der Waals surface area (Å²) >= 11 is 0. The maximum atomic E-state index is 12.4. The van der Waals surface area contributed by atoms with Crippen molar-refractivity contribution >= 4 is 11.9 Å². The Bertz CT molecular complexity index is 654. The Balaban J connectivity index is 2.20. The van der Waals surface area contributed by atoms with Crippen LogP contribution in [0.3, 0.4) is 0 Å². The third-order valence-electron chi connectivity index (χ3n) is 3.19. The standard InChI is InChI=1S/C18H20N2O3/c1-3-19-18(22)20-17(21)16(14-7-5-4-6-8-14)23-15-11-9-13(2)10-12-15/h4-12,16H,3H2,1-2H3,(H2,19,20,21,22)/t16-/m0/s1. The molecule has 0 aromatic heterocycles. The van der Waals surface area contributed by atoms with E-state index in [1.807, 2.05) is 37.3 Å². The van der Waals surface area contributed by atoms with E-state index >= 15 is 0 Å². The number of ether oxygens (including phenoxy) is 1. The molecule has 0 fully saturated rings. The molecule has 0 aliphatic rings. The molecule has 1 atom stereocenters. The molecule has 0 unspecified atom stereocenters. The second-order valence-electron chi connectivity index (χ2n) is 5.07. The number of rotatable bonds is 5. The summed E-state index contributed by atoms with van der Waals surface area (Å²) in [5, 5.41) is 4.82. The van der Waals surface area contributed by atoms with Crippen LogP contribution in [0.2, 0.25) is 0 Å². The predicted octanol–water partition coefficient (Wildman–Crippen LogP) is 2.96. The van der Waals surface area contributed by atoms with Gasteiger partial charge in [0.2, 0.25) is 6.10 Å². The van der Waals surface area contributed by atoms with Gasteiger partial charge in [-0.25, -0.2) is 4.79 Å². The highest BCUT2D eigenvalue weighted by Gasteiger charge is 2.24. The smallest absolute Gasteiger partial charge is 0.321 e. The van der Waals surface area contributed by atoms with Crippen LogP contribution in [0, 0.1) is 6.92 Å². The normalized spacial score (nSPS) is 11.4. The van der Waals surface area contributed by atoms with Crippen LogP contribution >= 0.6 is 0 Å². The monoisotopic (exact) mass is 312 g/mol. The van der Waals surface area contributed by atoms with E-state index in [0.29, 0.717) is 17.9 Å². The van der Waals surface area contributed by atoms with Gasteiger partial charge in [0.1, 0.15) is 5.75 Å². The largest absolute Gasteiger partial charge is 0.476 e. The van der Waals surface area contributed by atoms with Crippen molar-refractivity contribution in [1.82, 2.24) is 10.6 Å².